The van der Waals surface area contributed by atoms with Gasteiger partial charge < -0.3 is 9.47 Å². The van der Waals surface area contributed by atoms with Crippen molar-refractivity contribution in [1.82, 2.24) is 9.80 Å². The van der Waals surface area contributed by atoms with Crippen LogP contribution in [0.1, 0.15) is 56.2 Å². The number of rotatable bonds is 5. The molecule has 2 aromatic rings. The first-order chi connectivity index (χ1) is 18.8. The molecule has 7 rings (SSSR count). The molecular formula is C32H38F2N2O3. The lowest BCUT2D eigenvalue weighted by Crippen LogP contribution is -2.52. The van der Waals surface area contributed by atoms with E-state index in [-0.39, 0.29) is 52.6 Å². The molecule has 2 aliphatic carbocycles. The number of halogens is 2. The lowest BCUT2D eigenvalue weighted by molar-refractivity contribution is -0.147. The van der Waals surface area contributed by atoms with Crippen molar-refractivity contribution >= 4 is 5.97 Å². The van der Waals surface area contributed by atoms with Crippen molar-refractivity contribution < 1.29 is 23.0 Å². The molecule has 0 radical (unpaired) electrons. The molecule has 208 valence electrons. The lowest BCUT2D eigenvalue weighted by atomic mass is 9.53. The number of esters is 1. The third-order valence-electron chi connectivity index (χ3n) is 10.7. The van der Waals surface area contributed by atoms with Crippen LogP contribution in [-0.2, 0) is 14.3 Å². The Morgan fingerprint density at radius 2 is 1.56 bits per heavy atom. The second-order valence-corrected chi connectivity index (χ2v) is 12.9. The van der Waals surface area contributed by atoms with Gasteiger partial charge in [-0.2, -0.15) is 0 Å². The molecule has 0 aromatic heterocycles. The SMILES string of the molecule is C[C@]12CCC[C@]3(CO3)[C@@H]1C[C@@H]1[C@H](CN3CCN(C(c4ccc(F)cc4)c4ccc(F)cc4)CC3)C(=O)O[C@@H]1C2. The number of nitrogens with zero attached hydrogens (tertiary/aromatic N) is 2. The fourth-order valence-electron chi connectivity index (χ4n) is 8.55. The predicted octanol–water partition coefficient (Wildman–Crippen LogP) is 5.20. The van der Waals surface area contributed by atoms with Crippen LogP contribution in [0.3, 0.4) is 0 Å². The summed E-state index contributed by atoms with van der Waals surface area (Å²) in [6, 6.07) is 13.2. The zero-order chi connectivity index (χ0) is 26.8. The van der Waals surface area contributed by atoms with Crippen LogP contribution in [0.4, 0.5) is 8.78 Å². The Morgan fingerprint density at radius 1 is 0.949 bits per heavy atom. The second kappa shape index (κ2) is 9.64. The maximum atomic E-state index is 13.7. The van der Waals surface area contributed by atoms with Crippen LogP contribution < -0.4 is 0 Å². The first-order valence-corrected chi connectivity index (χ1v) is 14.7. The summed E-state index contributed by atoms with van der Waals surface area (Å²) in [6.45, 7) is 7.33. The van der Waals surface area contributed by atoms with Crippen molar-refractivity contribution in [3.63, 3.8) is 0 Å². The Labute approximate surface area is 229 Å². The van der Waals surface area contributed by atoms with Crippen molar-refractivity contribution in [3.05, 3.63) is 71.3 Å². The van der Waals surface area contributed by atoms with Crippen molar-refractivity contribution in [1.29, 1.82) is 0 Å². The average Bonchev–Trinajstić information content (AvgIpc) is 3.63. The number of carbonyl (C=O) groups excluding carboxylic acids is 1. The van der Waals surface area contributed by atoms with Crippen LogP contribution in [0, 0.1) is 34.8 Å². The van der Waals surface area contributed by atoms with Gasteiger partial charge in [-0.15, -0.1) is 0 Å². The fraction of sp³-hybridized carbons (Fsp3) is 0.594. The van der Waals surface area contributed by atoms with Gasteiger partial charge in [-0.3, -0.25) is 14.6 Å². The van der Waals surface area contributed by atoms with Crippen molar-refractivity contribution in [2.45, 2.75) is 56.8 Å². The van der Waals surface area contributed by atoms with Gasteiger partial charge in [-0.05, 0) is 78.8 Å². The number of hydrogen-bond acceptors (Lipinski definition) is 5. The van der Waals surface area contributed by atoms with E-state index in [2.05, 4.69) is 16.7 Å². The topological polar surface area (TPSA) is 45.3 Å². The number of fused-ring (bicyclic) bond motifs is 3. The minimum atomic E-state index is -0.265. The van der Waals surface area contributed by atoms with Crippen LogP contribution in [0.15, 0.2) is 48.5 Å². The largest absolute Gasteiger partial charge is 0.462 e. The maximum Gasteiger partial charge on any atom is 0.310 e. The third-order valence-corrected chi connectivity index (χ3v) is 10.7. The van der Waals surface area contributed by atoms with E-state index in [9.17, 15) is 13.6 Å². The van der Waals surface area contributed by atoms with Crippen LogP contribution in [-0.4, -0.2) is 66.8 Å². The zero-order valence-corrected chi connectivity index (χ0v) is 22.7. The number of carbonyl (C=O) groups is 1. The predicted molar refractivity (Wildman–Crippen MR) is 143 cm³/mol. The Balaban J connectivity index is 1.04. The lowest BCUT2D eigenvalue weighted by Gasteiger charge is -2.51. The van der Waals surface area contributed by atoms with Crippen molar-refractivity contribution in [2.24, 2.45) is 23.2 Å². The van der Waals surface area contributed by atoms with Gasteiger partial charge in [0.15, 0.2) is 0 Å². The summed E-state index contributed by atoms with van der Waals surface area (Å²) in [7, 11) is 0. The van der Waals surface area contributed by atoms with Crippen LogP contribution in [0.2, 0.25) is 0 Å². The normalized spacial score (nSPS) is 36.6. The minimum absolute atomic E-state index is 0.0176. The molecule has 7 heteroatoms. The fourth-order valence-corrected chi connectivity index (χ4v) is 8.55. The summed E-state index contributed by atoms with van der Waals surface area (Å²) in [5.41, 5.74) is 2.27. The van der Waals surface area contributed by atoms with E-state index in [1.54, 1.807) is 0 Å². The van der Waals surface area contributed by atoms with Gasteiger partial charge in [0, 0.05) is 38.6 Å². The second-order valence-electron chi connectivity index (χ2n) is 12.9. The third kappa shape index (κ3) is 4.60. The summed E-state index contributed by atoms with van der Waals surface area (Å²) >= 11 is 0. The minimum Gasteiger partial charge on any atom is -0.462 e. The number of hydrogen-bond donors (Lipinski definition) is 0. The molecule has 2 saturated carbocycles. The Bertz CT molecular complexity index is 1160. The maximum absolute atomic E-state index is 13.7. The van der Waals surface area contributed by atoms with E-state index >= 15 is 0 Å². The Morgan fingerprint density at radius 3 is 2.15 bits per heavy atom. The van der Waals surface area contributed by atoms with Crippen LogP contribution >= 0.6 is 0 Å². The van der Waals surface area contributed by atoms with Gasteiger partial charge in [0.1, 0.15) is 17.7 Å². The number of ether oxygens (including phenoxy) is 2. The summed E-state index contributed by atoms with van der Waals surface area (Å²) in [6.07, 6.45) is 5.63. The molecule has 0 amide bonds. The Kier molecular flexibility index (Phi) is 6.33. The summed E-state index contributed by atoms with van der Waals surface area (Å²) in [4.78, 5) is 17.9. The molecular weight excluding hydrogens is 498 g/mol. The molecule has 1 spiro atoms. The van der Waals surface area contributed by atoms with E-state index in [1.165, 1.54) is 37.1 Å². The molecule has 5 fully saturated rings. The molecule has 3 saturated heterocycles. The molecule has 2 aromatic carbocycles. The van der Waals surface area contributed by atoms with Crippen LogP contribution in [0.25, 0.3) is 0 Å². The molecule has 3 heterocycles. The highest BCUT2D eigenvalue weighted by molar-refractivity contribution is 5.75. The standard InChI is InChI=1S/C32H38F2N2O3/c1-31-11-2-12-32(20-38-32)28(31)17-25-26(30(37)39-27(25)18-31)19-35-13-15-36(16-14-35)29(21-3-7-23(33)8-4-21)22-5-9-24(34)10-6-22/h3-10,25-29H,2,11-20H2,1H3/t25-,26+,27-,28-,31-,32+/m1/s1. The van der Waals surface area contributed by atoms with Crippen LogP contribution in [0.5, 0.6) is 0 Å². The quantitative estimate of drug-likeness (QED) is 0.388. The van der Waals surface area contributed by atoms with E-state index in [4.69, 9.17) is 9.47 Å². The van der Waals surface area contributed by atoms with Gasteiger partial charge >= 0.3 is 5.97 Å². The first-order valence-electron chi connectivity index (χ1n) is 14.7. The smallest absolute Gasteiger partial charge is 0.310 e. The molecule has 6 atom stereocenters. The number of benzene rings is 2. The highest BCUT2D eigenvalue weighted by Crippen LogP contribution is 2.62. The number of piperazine rings is 1. The van der Waals surface area contributed by atoms with Gasteiger partial charge in [0.25, 0.3) is 0 Å². The number of epoxide rings is 1. The highest BCUT2D eigenvalue weighted by atomic mass is 19.1. The molecule has 5 nitrogen and oxygen atoms in total. The van der Waals surface area contributed by atoms with E-state index < -0.39 is 0 Å². The van der Waals surface area contributed by atoms with E-state index in [0.29, 0.717) is 5.92 Å². The van der Waals surface area contributed by atoms with E-state index in [1.807, 2.05) is 24.3 Å². The summed E-state index contributed by atoms with van der Waals surface area (Å²) in [5.74, 6) is 0.182. The van der Waals surface area contributed by atoms with E-state index in [0.717, 1.165) is 69.7 Å². The first kappa shape index (κ1) is 25.6. The zero-order valence-electron chi connectivity index (χ0n) is 22.7. The van der Waals surface area contributed by atoms with Crippen molar-refractivity contribution in [3.8, 4) is 0 Å². The highest BCUT2D eigenvalue weighted by Gasteiger charge is 2.65. The molecule has 0 bridgehead atoms. The Hall–Kier alpha value is -2.35. The molecule has 5 aliphatic rings. The van der Waals surface area contributed by atoms with Gasteiger partial charge in [0.05, 0.1) is 24.2 Å². The average molecular weight is 537 g/mol. The summed E-state index contributed by atoms with van der Waals surface area (Å²) in [5, 5.41) is 0. The van der Waals surface area contributed by atoms with Gasteiger partial charge in [-0.25, -0.2) is 8.78 Å². The molecule has 0 N–H and O–H groups in total. The molecule has 39 heavy (non-hydrogen) atoms. The molecule has 0 unspecified atom stereocenters. The monoisotopic (exact) mass is 536 g/mol. The van der Waals surface area contributed by atoms with Crippen molar-refractivity contribution in [2.75, 3.05) is 39.3 Å². The summed E-state index contributed by atoms with van der Waals surface area (Å²) < 4.78 is 39.5. The van der Waals surface area contributed by atoms with Gasteiger partial charge in [-0.1, -0.05) is 31.2 Å². The van der Waals surface area contributed by atoms with Gasteiger partial charge in [0.2, 0.25) is 0 Å². The molecule has 3 aliphatic heterocycles.